The van der Waals surface area contributed by atoms with Crippen LogP contribution in [-0.4, -0.2) is 41.5 Å². The van der Waals surface area contributed by atoms with Crippen LogP contribution in [0.4, 0.5) is 0 Å². The van der Waals surface area contributed by atoms with Crippen molar-refractivity contribution in [3.63, 3.8) is 0 Å². The van der Waals surface area contributed by atoms with Gasteiger partial charge < -0.3 is 9.64 Å². The fourth-order valence-corrected chi connectivity index (χ4v) is 3.55. The largest absolute Gasteiger partial charge is 0.465 e. The summed E-state index contributed by atoms with van der Waals surface area (Å²) in [6.07, 6.45) is 5.55. The monoisotopic (exact) mass is 344 g/mol. The number of amides is 1. The van der Waals surface area contributed by atoms with Gasteiger partial charge in [0.2, 0.25) is 0 Å². The van der Waals surface area contributed by atoms with Crippen LogP contribution in [0.25, 0.3) is 0 Å². The highest BCUT2D eigenvalue weighted by molar-refractivity contribution is 7.09. The molecule has 1 fully saturated rings. The van der Waals surface area contributed by atoms with Crippen LogP contribution in [0.3, 0.4) is 0 Å². The molecule has 2 aromatic heterocycles. The molecule has 3 heterocycles. The van der Waals surface area contributed by atoms with Gasteiger partial charge in [-0.3, -0.25) is 14.6 Å². The van der Waals surface area contributed by atoms with Gasteiger partial charge in [0.05, 0.1) is 12.5 Å². The standard InChI is InChI=1S/C18H20N2O3S/c21-17(14-5-8-19-9-6-14)20-10-1-3-15(13-20)18(22)23-11-7-16-4-2-12-24-16/h2,4-6,8-9,12,15H,1,3,7,10-11,13H2/t15-/m0/s1. The van der Waals surface area contributed by atoms with E-state index in [1.54, 1.807) is 40.8 Å². The van der Waals surface area contributed by atoms with Crippen molar-refractivity contribution in [2.75, 3.05) is 19.7 Å². The first kappa shape index (κ1) is 16.6. The molecule has 3 rings (SSSR count). The molecule has 0 N–H and O–H groups in total. The van der Waals surface area contributed by atoms with Gasteiger partial charge in [-0.2, -0.15) is 0 Å². The van der Waals surface area contributed by atoms with Gasteiger partial charge in [0.15, 0.2) is 0 Å². The molecule has 1 saturated heterocycles. The van der Waals surface area contributed by atoms with Crippen molar-refractivity contribution < 1.29 is 14.3 Å². The fraction of sp³-hybridized carbons (Fsp3) is 0.389. The minimum absolute atomic E-state index is 0.0477. The Labute approximate surface area is 145 Å². The van der Waals surface area contributed by atoms with Crippen LogP contribution >= 0.6 is 11.3 Å². The Kier molecular flexibility index (Phi) is 5.59. The molecular formula is C18H20N2O3S. The second kappa shape index (κ2) is 8.06. The molecule has 6 heteroatoms. The van der Waals surface area contributed by atoms with Crippen molar-refractivity contribution in [1.29, 1.82) is 0 Å². The second-order valence-corrected chi connectivity index (χ2v) is 6.86. The average Bonchev–Trinajstić information content (AvgIpc) is 3.15. The summed E-state index contributed by atoms with van der Waals surface area (Å²) in [5.74, 6) is -0.472. The van der Waals surface area contributed by atoms with E-state index in [-0.39, 0.29) is 17.8 Å². The lowest BCUT2D eigenvalue weighted by molar-refractivity contribution is -0.149. The molecule has 0 aliphatic carbocycles. The number of pyridine rings is 1. The minimum Gasteiger partial charge on any atom is -0.465 e. The number of rotatable bonds is 5. The number of esters is 1. The summed E-state index contributed by atoms with van der Waals surface area (Å²) in [6.45, 7) is 1.51. The normalized spacial score (nSPS) is 17.5. The lowest BCUT2D eigenvalue weighted by atomic mass is 9.97. The highest BCUT2D eigenvalue weighted by Gasteiger charge is 2.29. The Bertz CT molecular complexity index is 673. The van der Waals surface area contributed by atoms with Gasteiger partial charge in [-0.05, 0) is 36.4 Å². The van der Waals surface area contributed by atoms with Crippen molar-refractivity contribution in [2.24, 2.45) is 5.92 Å². The summed E-state index contributed by atoms with van der Waals surface area (Å²) in [4.78, 5) is 31.6. The predicted octanol–water partition coefficient (Wildman–Crippen LogP) is 2.78. The number of nitrogens with zero attached hydrogens (tertiary/aromatic N) is 2. The van der Waals surface area contributed by atoms with Crippen molar-refractivity contribution in [3.05, 3.63) is 52.5 Å². The maximum Gasteiger partial charge on any atom is 0.310 e. The number of likely N-dealkylation sites (tertiary alicyclic amines) is 1. The molecule has 0 aromatic carbocycles. The van der Waals surface area contributed by atoms with Gasteiger partial charge in [-0.15, -0.1) is 11.3 Å². The lowest BCUT2D eigenvalue weighted by Crippen LogP contribution is -2.42. The fourth-order valence-electron chi connectivity index (χ4n) is 2.86. The average molecular weight is 344 g/mol. The van der Waals surface area contributed by atoms with E-state index in [1.807, 2.05) is 17.5 Å². The number of carbonyl (C=O) groups is 2. The zero-order valence-electron chi connectivity index (χ0n) is 13.4. The predicted molar refractivity (Wildman–Crippen MR) is 91.8 cm³/mol. The lowest BCUT2D eigenvalue weighted by Gasteiger charge is -2.31. The molecule has 0 saturated carbocycles. The first-order chi connectivity index (χ1) is 11.7. The molecule has 5 nitrogen and oxygen atoms in total. The molecular weight excluding hydrogens is 324 g/mol. The molecule has 0 bridgehead atoms. The Morgan fingerprint density at radius 1 is 1.29 bits per heavy atom. The maximum absolute atomic E-state index is 12.5. The van der Waals surface area contributed by atoms with Crippen LogP contribution in [0.1, 0.15) is 28.1 Å². The zero-order chi connectivity index (χ0) is 16.8. The molecule has 0 unspecified atom stereocenters. The number of ether oxygens (including phenoxy) is 1. The van der Waals surface area contributed by atoms with Crippen molar-refractivity contribution in [3.8, 4) is 0 Å². The highest BCUT2D eigenvalue weighted by atomic mass is 32.1. The number of carbonyl (C=O) groups excluding carboxylic acids is 2. The van der Waals surface area contributed by atoms with Crippen molar-refractivity contribution in [2.45, 2.75) is 19.3 Å². The van der Waals surface area contributed by atoms with Crippen LogP contribution in [0.2, 0.25) is 0 Å². The van der Waals surface area contributed by atoms with E-state index in [4.69, 9.17) is 4.74 Å². The van der Waals surface area contributed by atoms with Gasteiger partial charge >= 0.3 is 5.97 Å². The van der Waals surface area contributed by atoms with E-state index in [9.17, 15) is 9.59 Å². The number of hydrogen-bond acceptors (Lipinski definition) is 5. The molecule has 126 valence electrons. The van der Waals surface area contributed by atoms with Crippen LogP contribution in [-0.2, 0) is 16.0 Å². The van der Waals surface area contributed by atoms with E-state index in [1.165, 1.54) is 4.88 Å². The van der Waals surface area contributed by atoms with Crippen molar-refractivity contribution >= 4 is 23.2 Å². The van der Waals surface area contributed by atoms with Gasteiger partial charge in [-0.25, -0.2) is 0 Å². The van der Waals surface area contributed by atoms with E-state index in [2.05, 4.69) is 4.98 Å². The molecule has 2 aromatic rings. The Hall–Kier alpha value is -2.21. The third-order valence-electron chi connectivity index (χ3n) is 4.14. The molecule has 24 heavy (non-hydrogen) atoms. The summed E-state index contributed by atoms with van der Waals surface area (Å²) >= 11 is 1.66. The van der Waals surface area contributed by atoms with Crippen molar-refractivity contribution in [1.82, 2.24) is 9.88 Å². The topological polar surface area (TPSA) is 59.5 Å². The summed E-state index contributed by atoms with van der Waals surface area (Å²) < 4.78 is 5.41. The van der Waals surface area contributed by atoms with Crippen LogP contribution in [0, 0.1) is 5.92 Å². The third kappa shape index (κ3) is 4.20. The molecule has 0 spiro atoms. The molecule has 1 aliphatic rings. The quantitative estimate of drug-likeness (QED) is 0.783. The Morgan fingerprint density at radius 2 is 2.12 bits per heavy atom. The van der Waals surface area contributed by atoms with Gasteiger partial charge in [-0.1, -0.05) is 6.07 Å². The second-order valence-electron chi connectivity index (χ2n) is 5.82. The minimum atomic E-state index is -0.229. The van der Waals surface area contributed by atoms with Gasteiger partial charge in [0.1, 0.15) is 0 Å². The summed E-state index contributed by atoms with van der Waals surface area (Å²) in [5, 5.41) is 2.01. The summed E-state index contributed by atoms with van der Waals surface area (Å²) in [7, 11) is 0. The van der Waals surface area contributed by atoms with Gasteiger partial charge in [0, 0.05) is 42.3 Å². The molecule has 1 aliphatic heterocycles. The highest BCUT2D eigenvalue weighted by Crippen LogP contribution is 2.20. The summed E-state index contributed by atoms with van der Waals surface area (Å²) in [5.41, 5.74) is 0.608. The Morgan fingerprint density at radius 3 is 2.88 bits per heavy atom. The van der Waals surface area contributed by atoms with E-state index in [0.29, 0.717) is 25.3 Å². The van der Waals surface area contributed by atoms with E-state index >= 15 is 0 Å². The third-order valence-corrected chi connectivity index (χ3v) is 5.08. The first-order valence-electron chi connectivity index (χ1n) is 8.12. The molecule has 1 amide bonds. The first-order valence-corrected chi connectivity index (χ1v) is 9.00. The summed E-state index contributed by atoms with van der Waals surface area (Å²) in [6, 6.07) is 7.43. The number of aromatic nitrogens is 1. The number of thiophene rings is 1. The zero-order valence-corrected chi connectivity index (χ0v) is 14.2. The number of piperidine rings is 1. The van der Waals surface area contributed by atoms with E-state index in [0.717, 1.165) is 19.3 Å². The van der Waals surface area contributed by atoms with Gasteiger partial charge in [0.25, 0.3) is 5.91 Å². The van der Waals surface area contributed by atoms with Crippen LogP contribution < -0.4 is 0 Å². The van der Waals surface area contributed by atoms with Crippen LogP contribution in [0.15, 0.2) is 42.0 Å². The smallest absolute Gasteiger partial charge is 0.310 e. The number of hydrogen-bond donors (Lipinski definition) is 0. The molecule has 0 radical (unpaired) electrons. The SMILES string of the molecule is O=C(OCCc1cccs1)[C@H]1CCCN(C(=O)c2ccncc2)C1. The van der Waals surface area contributed by atoms with E-state index < -0.39 is 0 Å². The molecule has 1 atom stereocenters. The maximum atomic E-state index is 12.5. The Balaban J connectivity index is 1.51. The van der Waals surface area contributed by atoms with Crippen LogP contribution in [0.5, 0.6) is 0 Å².